The van der Waals surface area contributed by atoms with Gasteiger partial charge >= 0.3 is 5.97 Å². The summed E-state index contributed by atoms with van der Waals surface area (Å²) in [5.74, 6) is -2.99. The van der Waals surface area contributed by atoms with Crippen LogP contribution in [0.4, 0.5) is 0 Å². The third kappa shape index (κ3) is 4.59. The minimum Gasteiger partial charge on any atom is -0.459 e. The number of rotatable bonds is 2. The van der Waals surface area contributed by atoms with Gasteiger partial charge in [0.05, 0.1) is 23.0 Å². The summed E-state index contributed by atoms with van der Waals surface area (Å²) in [5, 5.41) is 46.6. The van der Waals surface area contributed by atoms with E-state index >= 15 is 0 Å². The van der Waals surface area contributed by atoms with Gasteiger partial charge in [0.25, 0.3) is 0 Å². The van der Waals surface area contributed by atoms with Crippen LogP contribution in [0.25, 0.3) is 0 Å². The molecule has 0 unspecified atom stereocenters. The summed E-state index contributed by atoms with van der Waals surface area (Å²) >= 11 is 6.95. The number of aliphatic hydroxyl groups excluding tert-OH is 2. The SMILES string of the molecule is CSC(=S)[C@H]1C[C@H]2OC[C@]2(O)[C@H]2[C@H](OC(C)=O)[C@]3(O)C[C@H](O)C(C)=C([C@@H](O)C(=O)[C@]12C)C3(C)C.[Ac].[Ac]. The largest absolute Gasteiger partial charge is 0.459 e. The van der Waals surface area contributed by atoms with Crippen LogP contribution in [-0.4, -0.2) is 84.9 Å². The molecule has 0 aromatic rings. The average Bonchev–Trinajstić information content (AvgIpc) is 2.73. The normalized spacial score (nSPS) is 44.9. The molecule has 4 rings (SSSR count). The molecule has 0 aromatic heterocycles. The van der Waals surface area contributed by atoms with Crippen LogP contribution in [-0.2, 0) is 19.1 Å². The fourth-order valence-corrected chi connectivity index (χ4v) is 8.16. The molecular formula is C24H34Ac2O8S2. The molecule has 9 atom stereocenters. The molecule has 2 radical (unpaired) electrons. The maximum atomic E-state index is 14.3. The smallest absolute Gasteiger partial charge is 0.303 e. The summed E-state index contributed by atoms with van der Waals surface area (Å²) < 4.78 is 12.0. The number of aliphatic hydroxyl groups is 4. The van der Waals surface area contributed by atoms with Crippen molar-refractivity contribution in [2.24, 2.45) is 22.7 Å². The number of Topliss-reactive ketones (excluding diaryl/α,β-unsaturated/α-hetero) is 1. The molecule has 4 N–H and O–H groups in total. The Bertz CT molecular complexity index is 989. The molecule has 3 fully saturated rings. The summed E-state index contributed by atoms with van der Waals surface area (Å²) in [6.45, 7) is 7.70. The molecule has 0 amide bonds. The van der Waals surface area contributed by atoms with Crippen LogP contribution in [0.15, 0.2) is 11.1 Å². The van der Waals surface area contributed by atoms with E-state index in [9.17, 15) is 30.0 Å². The molecule has 1 heterocycles. The number of thiocarbonyl (C=S) groups is 1. The molecule has 4 aliphatic rings. The molecule has 12 heteroatoms. The van der Waals surface area contributed by atoms with Gasteiger partial charge in [-0.3, -0.25) is 9.59 Å². The molecule has 8 nitrogen and oxygen atoms in total. The Morgan fingerprint density at radius 2 is 1.78 bits per heavy atom. The van der Waals surface area contributed by atoms with Crippen LogP contribution >= 0.6 is 24.0 Å². The van der Waals surface area contributed by atoms with Crippen LogP contribution in [0.2, 0.25) is 0 Å². The van der Waals surface area contributed by atoms with Crippen LogP contribution in [0, 0.1) is 111 Å². The van der Waals surface area contributed by atoms with Crippen molar-refractivity contribution >= 4 is 39.9 Å². The van der Waals surface area contributed by atoms with E-state index in [0.717, 1.165) is 0 Å². The van der Waals surface area contributed by atoms with Crippen molar-refractivity contribution in [3.05, 3.63) is 11.1 Å². The zero-order valence-electron chi connectivity index (χ0n) is 21.5. The number of hydrogen-bond donors (Lipinski definition) is 4. The van der Waals surface area contributed by atoms with E-state index in [-0.39, 0.29) is 113 Å². The van der Waals surface area contributed by atoms with Gasteiger partial charge < -0.3 is 29.9 Å². The summed E-state index contributed by atoms with van der Waals surface area (Å²) in [7, 11) is 0. The Kier molecular flexibility index (Phi) is 10.8. The van der Waals surface area contributed by atoms with Crippen molar-refractivity contribution in [3.63, 3.8) is 0 Å². The van der Waals surface area contributed by atoms with E-state index in [4.69, 9.17) is 21.7 Å². The van der Waals surface area contributed by atoms with Crippen molar-refractivity contribution in [2.45, 2.75) is 83.1 Å². The molecule has 3 aliphatic carbocycles. The average molecular weight is 969 g/mol. The molecular weight excluding hydrogens is 934 g/mol. The maximum absolute atomic E-state index is 14.3. The number of hydrogen-bond acceptors (Lipinski definition) is 10. The second kappa shape index (κ2) is 11.4. The number of carbonyl (C=O) groups is 2. The van der Waals surface area contributed by atoms with Crippen LogP contribution < -0.4 is 0 Å². The van der Waals surface area contributed by atoms with Crippen molar-refractivity contribution in [1.29, 1.82) is 0 Å². The van der Waals surface area contributed by atoms with Gasteiger partial charge in [-0.05, 0) is 30.7 Å². The molecule has 196 valence electrons. The van der Waals surface area contributed by atoms with E-state index in [2.05, 4.69) is 0 Å². The van der Waals surface area contributed by atoms with E-state index in [1.807, 2.05) is 0 Å². The summed E-state index contributed by atoms with van der Waals surface area (Å²) in [5.41, 5.74) is -5.63. The van der Waals surface area contributed by atoms with Crippen molar-refractivity contribution < 1.29 is 128 Å². The molecule has 2 bridgehead atoms. The Morgan fingerprint density at radius 3 is 2.25 bits per heavy atom. The number of ketones is 1. The van der Waals surface area contributed by atoms with Gasteiger partial charge in [-0.15, -0.1) is 11.8 Å². The van der Waals surface area contributed by atoms with Crippen LogP contribution in [0.3, 0.4) is 0 Å². The number of thioether (sulfide) groups is 1. The first-order chi connectivity index (χ1) is 15.6. The second-order valence-corrected chi connectivity index (χ2v) is 12.6. The molecule has 0 spiro atoms. The van der Waals surface area contributed by atoms with E-state index < -0.39 is 70.0 Å². The van der Waals surface area contributed by atoms with Gasteiger partial charge in [0.2, 0.25) is 0 Å². The monoisotopic (exact) mass is 968 g/mol. The molecule has 2 saturated carbocycles. The molecule has 0 aromatic carbocycles. The summed E-state index contributed by atoms with van der Waals surface area (Å²) in [6, 6.07) is 0. The first-order valence-electron chi connectivity index (χ1n) is 11.5. The van der Waals surface area contributed by atoms with Gasteiger partial charge in [-0.25, -0.2) is 0 Å². The first-order valence-corrected chi connectivity index (χ1v) is 13.1. The second-order valence-electron chi connectivity index (χ2n) is 11.0. The predicted octanol–water partition coefficient (Wildman–Crippen LogP) is 1.16. The molecule has 1 saturated heterocycles. The Balaban J connectivity index is 0.00000228. The number of fused-ring (bicyclic) bond motifs is 5. The van der Waals surface area contributed by atoms with E-state index in [1.165, 1.54) is 18.7 Å². The number of carbonyl (C=O) groups excluding carboxylic acids is 2. The topological polar surface area (TPSA) is 134 Å². The van der Waals surface area contributed by atoms with Gasteiger partial charge in [0, 0.05) is 124 Å². The number of esters is 1. The van der Waals surface area contributed by atoms with E-state index in [0.29, 0.717) is 9.77 Å². The standard InChI is InChI=1S/C24H34O8S2.2Ac/c1-10-13(26)8-24(30)19(32-11(2)25)17-22(5,18(28)16(27)15(10)21(24,3)4)12(20(33)34-6)7-14-23(17,29)9-31-14;;/h12-14,16-17,19,26-27,29-30H,7-9H2,1-6H3;;/t12-,13+,14-,16-,17+,19+,22-,23-,24-;;/m1../s1. The van der Waals surface area contributed by atoms with Crippen LogP contribution in [0.5, 0.6) is 0 Å². The Labute approximate surface area is 293 Å². The quantitative estimate of drug-likeness (QED) is 0.182. The van der Waals surface area contributed by atoms with Crippen molar-refractivity contribution in [1.82, 2.24) is 0 Å². The fourth-order valence-electron chi connectivity index (χ4n) is 7.20. The van der Waals surface area contributed by atoms with Crippen LogP contribution in [0.1, 0.15) is 47.5 Å². The Hall–Kier alpha value is 2.00. The zero-order valence-corrected chi connectivity index (χ0v) is 32.6. The van der Waals surface area contributed by atoms with E-state index in [1.54, 1.807) is 34.0 Å². The van der Waals surface area contributed by atoms with Gasteiger partial charge in [0.15, 0.2) is 5.78 Å². The third-order valence-corrected chi connectivity index (χ3v) is 10.7. The fraction of sp³-hybridized carbons (Fsp3) is 0.792. The van der Waals surface area contributed by atoms with Gasteiger partial charge in [-0.1, -0.05) is 33.0 Å². The summed E-state index contributed by atoms with van der Waals surface area (Å²) in [4.78, 5) is 26.7. The van der Waals surface area contributed by atoms with Gasteiger partial charge in [0.1, 0.15) is 23.4 Å². The minimum atomic E-state index is -1.90. The molecule has 36 heavy (non-hydrogen) atoms. The predicted molar refractivity (Wildman–Crippen MR) is 129 cm³/mol. The maximum Gasteiger partial charge on any atom is 0.303 e. The molecule has 1 aliphatic heterocycles. The van der Waals surface area contributed by atoms with Crippen molar-refractivity contribution in [2.75, 3.05) is 12.9 Å². The minimum absolute atomic E-state index is 0. The number of ether oxygens (including phenoxy) is 2. The van der Waals surface area contributed by atoms with Crippen molar-refractivity contribution in [3.8, 4) is 0 Å². The van der Waals surface area contributed by atoms with Gasteiger partial charge in [-0.2, -0.15) is 0 Å². The zero-order chi connectivity index (χ0) is 25.6. The first kappa shape index (κ1) is 34.2. The third-order valence-electron chi connectivity index (χ3n) is 9.22. The summed E-state index contributed by atoms with van der Waals surface area (Å²) in [6.07, 6.45) is -3.01. The Morgan fingerprint density at radius 1 is 1.19 bits per heavy atom.